The number of carbonyl (C=O) groups excluding carboxylic acids is 3. The van der Waals surface area contributed by atoms with E-state index in [1.54, 1.807) is 53.4 Å². The summed E-state index contributed by atoms with van der Waals surface area (Å²) >= 11 is 1.51. The van der Waals surface area contributed by atoms with Gasteiger partial charge in [0.25, 0.3) is 5.91 Å². The average Bonchev–Trinajstić information content (AvgIpc) is 3.40. The van der Waals surface area contributed by atoms with E-state index in [0.717, 1.165) is 5.56 Å². The molecule has 0 aliphatic carbocycles. The third kappa shape index (κ3) is 6.08. The molecule has 176 valence electrons. The number of amides is 3. The topological polar surface area (TPSA) is 102 Å². The maximum Gasteiger partial charge on any atom is 0.251 e. The van der Waals surface area contributed by atoms with Crippen LogP contribution in [0.15, 0.2) is 84.9 Å². The number of thioether (sulfide) groups is 1. The smallest absolute Gasteiger partial charge is 0.251 e. The number of hydrogen-bond donors (Lipinski definition) is 2. The van der Waals surface area contributed by atoms with Crippen LogP contribution in [0.2, 0.25) is 0 Å². The number of hydrogen-bond acceptors (Lipinski definition) is 5. The summed E-state index contributed by atoms with van der Waals surface area (Å²) in [5, 5.41) is 14.8. The molecule has 3 aromatic carbocycles. The van der Waals surface area contributed by atoms with Crippen LogP contribution >= 0.6 is 11.8 Å². The molecule has 1 fully saturated rings. The molecule has 35 heavy (non-hydrogen) atoms. The molecule has 8 heteroatoms. The Bertz CT molecular complexity index is 1230. The van der Waals surface area contributed by atoms with Gasteiger partial charge in [-0.1, -0.05) is 48.5 Å². The average molecular weight is 485 g/mol. The van der Waals surface area contributed by atoms with Crippen LogP contribution in [0.4, 0.5) is 5.69 Å². The highest BCUT2D eigenvalue weighted by atomic mass is 32.2. The molecule has 4 rings (SSSR count). The second-order valence-corrected chi connectivity index (χ2v) is 9.06. The molecule has 2 atom stereocenters. The first-order chi connectivity index (χ1) is 17.0. The molecular formula is C27H24N4O3S. The molecule has 7 nitrogen and oxygen atoms in total. The Kier molecular flexibility index (Phi) is 7.81. The fourth-order valence-corrected chi connectivity index (χ4v) is 5.00. The predicted molar refractivity (Wildman–Crippen MR) is 135 cm³/mol. The van der Waals surface area contributed by atoms with E-state index in [2.05, 4.69) is 10.6 Å². The Labute approximate surface area is 208 Å². The minimum atomic E-state index is -0.621. The van der Waals surface area contributed by atoms with Crippen molar-refractivity contribution in [2.45, 2.75) is 18.5 Å². The summed E-state index contributed by atoms with van der Waals surface area (Å²) in [6.45, 7) is 0. The minimum absolute atomic E-state index is 0.0315. The van der Waals surface area contributed by atoms with Crippen molar-refractivity contribution in [3.05, 3.63) is 102 Å². The molecule has 1 saturated heterocycles. The van der Waals surface area contributed by atoms with Crippen LogP contribution < -0.4 is 10.6 Å². The van der Waals surface area contributed by atoms with Crippen LogP contribution in [0.25, 0.3) is 0 Å². The molecule has 0 radical (unpaired) electrons. The first-order valence-electron chi connectivity index (χ1n) is 11.1. The molecular weight excluding hydrogens is 460 g/mol. The highest BCUT2D eigenvalue weighted by molar-refractivity contribution is 7.99. The molecule has 1 aliphatic heterocycles. The van der Waals surface area contributed by atoms with Gasteiger partial charge >= 0.3 is 0 Å². The van der Waals surface area contributed by atoms with E-state index >= 15 is 0 Å². The van der Waals surface area contributed by atoms with Gasteiger partial charge in [0.2, 0.25) is 11.8 Å². The lowest BCUT2D eigenvalue weighted by Crippen LogP contribution is -2.45. The molecule has 3 amide bonds. The van der Waals surface area contributed by atoms with Crippen LogP contribution in [-0.2, 0) is 9.59 Å². The third-order valence-electron chi connectivity index (χ3n) is 5.71. The van der Waals surface area contributed by atoms with Gasteiger partial charge in [-0.3, -0.25) is 14.4 Å². The summed E-state index contributed by atoms with van der Waals surface area (Å²) in [5.74, 6) is 0.131. The molecule has 0 saturated carbocycles. The van der Waals surface area contributed by atoms with Gasteiger partial charge in [-0.05, 0) is 42.0 Å². The lowest BCUT2D eigenvalue weighted by atomic mass is 10.0. The van der Waals surface area contributed by atoms with E-state index < -0.39 is 12.1 Å². The van der Waals surface area contributed by atoms with Gasteiger partial charge in [-0.2, -0.15) is 5.26 Å². The molecule has 1 aliphatic rings. The van der Waals surface area contributed by atoms with Crippen molar-refractivity contribution in [3.63, 3.8) is 0 Å². The van der Waals surface area contributed by atoms with Crippen molar-refractivity contribution in [3.8, 4) is 6.07 Å². The van der Waals surface area contributed by atoms with E-state index in [4.69, 9.17) is 5.26 Å². The summed E-state index contributed by atoms with van der Waals surface area (Å²) in [6, 6.07) is 25.7. The zero-order valence-electron chi connectivity index (χ0n) is 18.9. The number of nitrogens with zero attached hydrogens (tertiary/aromatic N) is 2. The maximum atomic E-state index is 13.3. The van der Waals surface area contributed by atoms with Crippen LogP contribution in [0, 0.1) is 11.3 Å². The molecule has 2 unspecified atom stereocenters. The Morgan fingerprint density at radius 3 is 2.29 bits per heavy atom. The van der Waals surface area contributed by atoms with Crippen molar-refractivity contribution in [2.75, 3.05) is 16.9 Å². The Hall–Kier alpha value is -4.09. The largest absolute Gasteiger partial charge is 0.345 e. The van der Waals surface area contributed by atoms with E-state index in [-0.39, 0.29) is 24.1 Å². The first kappa shape index (κ1) is 24.0. The number of rotatable bonds is 7. The maximum absolute atomic E-state index is 13.3. The van der Waals surface area contributed by atoms with Gasteiger partial charge in [0.15, 0.2) is 0 Å². The standard InChI is InChI=1S/C27H24N4O3S/c28-16-19-11-13-22(14-12-19)29-27(34)24-17-35-18-31(24)25(32)15-23(20-7-3-1-4-8-20)30-26(33)21-9-5-2-6-10-21/h1-14,23-24H,15,17-18H2,(H,29,34)(H,30,33). The minimum Gasteiger partial charge on any atom is -0.345 e. The number of nitriles is 1. The summed E-state index contributed by atoms with van der Waals surface area (Å²) in [5.41, 5.74) is 2.39. The predicted octanol–water partition coefficient (Wildman–Crippen LogP) is 3.96. The second-order valence-electron chi connectivity index (χ2n) is 8.06. The summed E-state index contributed by atoms with van der Waals surface area (Å²) in [6.07, 6.45) is 0.0315. The number of carbonyl (C=O) groups is 3. The van der Waals surface area contributed by atoms with Crippen molar-refractivity contribution < 1.29 is 14.4 Å². The van der Waals surface area contributed by atoms with Gasteiger partial charge in [0.05, 0.1) is 30.0 Å². The van der Waals surface area contributed by atoms with Crippen LogP contribution in [0.3, 0.4) is 0 Å². The summed E-state index contributed by atoms with van der Waals surface area (Å²) in [7, 11) is 0. The Morgan fingerprint density at radius 2 is 1.63 bits per heavy atom. The lowest BCUT2D eigenvalue weighted by molar-refractivity contribution is -0.136. The lowest BCUT2D eigenvalue weighted by Gasteiger charge is -2.26. The normalized spacial score (nSPS) is 15.6. The SMILES string of the molecule is N#Cc1ccc(NC(=O)C2CSCN2C(=O)CC(NC(=O)c2ccccc2)c2ccccc2)cc1. The zero-order chi connectivity index (χ0) is 24.6. The second kappa shape index (κ2) is 11.4. The highest BCUT2D eigenvalue weighted by Crippen LogP contribution is 2.26. The van der Waals surface area contributed by atoms with Crippen LogP contribution in [-0.4, -0.2) is 40.3 Å². The molecule has 0 spiro atoms. The van der Waals surface area contributed by atoms with Crippen LogP contribution in [0.5, 0.6) is 0 Å². The Balaban J connectivity index is 1.46. The van der Waals surface area contributed by atoms with E-state index in [1.165, 1.54) is 11.8 Å². The molecule has 3 aromatic rings. The van der Waals surface area contributed by atoms with Gasteiger partial charge in [-0.25, -0.2) is 0 Å². The van der Waals surface area contributed by atoms with Crippen molar-refractivity contribution in [2.24, 2.45) is 0 Å². The third-order valence-corrected chi connectivity index (χ3v) is 6.72. The van der Waals surface area contributed by atoms with Gasteiger partial charge < -0.3 is 15.5 Å². The molecule has 2 N–H and O–H groups in total. The van der Waals surface area contributed by atoms with Gasteiger partial charge in [0, 0.05) is 17.0 Å². The van der Waals surface area contributed by atoms with Gasteiger partial charge in [0.1, 0.15) is 6.04 Å². The quantitative estimate of drug-likeness (QED) is 0.529. The summed E-state index contributed by atoms with van der Waals surface area (Å²) in [4.78, 5) is 40.7. The molecule has 0 bridgehead atoms. The number of benzene rings is 3. The number of anilines is 1. The van der Waals surface area contributed by atoms with Crippen molar-refractivity contribution >= 4 is 35.2 Å². The number of nitrogens with one attached hydrogen (secondary N) is 2. The van der Waals surface area contributed by atoms with Gasteiger partial charge in [-0.15, -0.1) is 11.8 Å². The summed E-state index contributed by atoms with van der Waals surface area (Å²) < 4.78 is 0. The molecule has 0 aromatic heterocycles. The Morgan fingerprint density at radius 1 is 0.971 bits per heavy atom. The fraction of sp³-hybridized carbons (Fsp3) is 0.185. The fourth-order valence-electron chi connectivity index (χ4n) is 3.82. The van der Waals surface area contributed by atoms with Crippen LogP contribution in [0.1, 0.15) is 33.9 Å². The van der Waals surface area contributed by atoms with E-state index in [9.17, 15) is 14.4 Å². The van der Waals surface area contributed by atoms with Crippen molar-refractivity contribution in [1.82, 2.24) is 10.2 Å². The highest BCUT2D eigenvalue weighted by Gasteiger charge is 2.35. The molecule has 1 heterocycles. The zero-order valence-corrected chi connectivity index (χ0v) is 19.7. The van der Waals surface area contributed by atoms with E-state index in [0.29, 0.717) is 28.4 Å². The van der Waals surface area contributed by atoms with Crippen molar-refractivity contribution in [1.29, 1.82) is 5.26 Å². The monoisotopic (exact) mass is 484 g/mol. The van der Waals surface area contributed by atoms with E-state index in [1.807, 2.05) is 42.5 Å². The first-order valence-corrected chi connectivity index (χ1v) is 12.3.